The van der Waals surface area contributed by atoms with Crippen molar-refractivity contribution in [2.45, 2.75) is 19.6 Å². The molecule has 2 amide bonds. The van der Waals surface area contributed by atoms with Crippen LogP contribution in [0, 0.1) is 0 Å². The minimum Gasteiger partial charge on any atom is -0.493 e. The Hall–Kier alpha value is -3.78. The van der Waals surface area contributed by atoms with E-state index in [1.54, 1.807) is 24.3 Å². The van der Waals surface area contributed by atoms with E-state index in [4.69, 9.17) is 9.47 Å². The van der Waals surface area contributed by atoms with Gasteiger partial charge in [-0.15, -0.1) is 0 Å². The first kappa shape index (κ1) is 23.4. The standard InChI is InChI=1S/C26H23NO6S/c1-16(25(29)32-3)27-24(28)23(34-26(27)30)14-17-11-12-21(22(13-17)31-2)33-15-19-9-6-8-18-7-4-5-10-20(18)19/h4-14,16H,15H2,1-3H3/b23-14+/t16-/m1/s1. The quantitative estimate of drug-likeness (QED) is 0.349. The van der Waals surface area contributed by atoms with E-state index in [-0.39, 0.29) is 4.91 Å². The van der Waals surface area contributed by atoms with Gasteiger partial charge in [0.05, 0.1) is 19.1 Å². The van der Waals surface area contributed by atoms with Crippen LogP contribution in [0.15, 0.2) is 65.6 Å². The molecule has 0 bridgehead atoms. The summed E-state index contributed by atoms with van der Waals surface area (Å²) in [4.78, 5) is 37.9. The molecule has 1 aliphatic heterocycles. The summed E-state index contributed by atoms with van der Waals surface area (Å²) in [5.41, 5.74) is 1.71. The van der Waals surface area contributed by atoms with Crippen LogP contribution in [0.1, 0.15) is 18.1 Å². The lowest BCUT2D eigenvalue weighted by Gasteiger charge is -2.18. The van der Waals surface area contributed by atoms with E-state index in [0.717, 1.165) is 33.0 Å². The fourth-order valence-corrected chi connectivity index (χ4v) is 4.62. The lowest BCUT2D eigenvalue weighted by atomic mass is 10.1. The zero-order valence-electron chi connectivity index (χ0n) is 18.9. The Morgan fingerprint density at radius 1 is 1.03 bits per heavy atom. The summed E-state index contributed by atoms with van der Waals surface area (Å²) in [6.07, 6.45) is 1.59. The van der Waals surface area contributed by atoms with E-state index in [9.17, 15) is 14.4 Å². The van der Waals surface area contributed by atoms with Crippen molar-refractivity contribution >= 4 is 45.7 Å². The zero-order chi connectivity index (χ0) is 24.2. The van der Waals surface area contributed by atoms with Gasteiger partial charge in [-0.25, -0.2) is 4.79 Å². The number of nitrogens with zero attached hydrogens (tertiary/aromatic N) is 1. The van der Waals surface area contributed by atoms with E-state index < -0.39 is 23.2 Å². The highest BCUT2D eigenvalue weighted by Gasteiger charge is 2.41. The van der Waals surface area contributed by atoms with Crippen LogP contribution >= 0.6 is 11.8 Å². The molecule has 7 nitrogen and oxygen atoms in total. The van der Waals surface area contributed by atoms with Crippen LogP contribution in [-0.4, -0.2) is 42.3 Å². The highest BCUT2D eigenvalue weighted by molar-refractivity contribution is 8.18. The molecule has 0 spiro atoms. The number of thioether (sulfide) groups is 1. The molecule has 1 atom stereocenters. The first-order valence-electron chi connectivity index (χ1n) is 10.5. The highest BCUT2D eigenvalue weighted by atomic mass is 32.2. The van der Waals surface area contributed by atoms with Gasteiger partial charge in [0.2, 0.25) is 0 Å². The van der Waals surface area contributed by atoms with E-state index in [1.807, 2.05) is 24.3 Å². The third kappa shape index (κ3) is 4.63. The molecule has 1 aliphatic rings. The topological polar surface area (TPSA) is 82.1 Å². The molecule has 1 fully saturated rings. The van der Waals surface area contributed by atoms with Crippen molar-refractivity contribution in [3.8, 4) is 11.5 Å². The van der Waals surface area contributed by atoms with Crippen molar-refractivity contribution < 1.29 is 28.6 Å². The smallest absolute Gasteiger partial charge is 0.328 e. The van der Waals surface area contributed by atoms with Gasteiger partial charge >= 0.3 is 5.97 Å². The number of methoxy groups -OCH3 is 2. The first-order chi connectivity index (χ1) is 16.4. The maximum absolute atomic E-state index is 12.7. The lowest BCUT2D eigenvalue weighted by Crippen LogP contribution is -2.42. The van der Waals surface area contributed by atoms with Crippen molar-refractivity contribution in [1.82, 2.24) is 4.90 Å². The van der Waals surface area contributed by atoms with Crippen LogP contribution in [0.2, 0.25) is 0 Å². The summed E-state index contributed by atoms with van der Waals surface area (Å²) in [6.45, 7) is 1.82. The molecule has 34 heavy (non-hydrogen) atoms. The van der Waals surface area contributed by atoms with Crippen LogP contribution in [0.4, 0.5) is 4.79 Å². The van der Waals surface area contributed by atoms with Crippen molar-refractivity contribution in [3.05, 3.63) is 76.7 Å². The SMILES string of the molecule is COC(=O)[C@@H](C)N1C(=O)S/C(=C/c2ccc(OCc3cccc4ccccc34)c(OC)c2)C1=O. The zero-order valence-corrected chi connectivity index (χ0v) is 19.8. The molecule has 1 saturated heterocycles. The Morgan fingerprint density at radius 2 is 1.79 bits per heavy atom. The highest BCUT2D eigenvalue weighted by Crippen LogP contribution is 2.36. The number of hydrogen-bond acceptors (Lipinski definition) is 7. The number of fused-ring (bicyclic) bond motifs is 1. The second kappa shape index (κ2) is 10.0. The molecule has 0 radical (unpaired) electrons. The molecule has 0 aliphatic carbocycles. The van der Waals surface area contributed by atoms with Crippen molar-refractivity contribution in [2.75, 3.05) is 14.2 Å². The summed E-state index contributed by atoms with van der Waals surface area (Å²) < 4.78 is 16.2. The molecule has 4 rings (SSSR count). The number of carbonyl (C=O) groups excluding carboxylic acids is 3. The second-order valence-corrected chi connectivity index (χ2v) is 8.58. The Labute approximate surface area is 201 Å². The number of amides is 2. The largest absolute Gasteiger partial charge is 0.493 e. The molecular formula is C26H23NO6S. The summed E-state index contributed by atoms with van der Waals surface area (Å²) in [5, 5.41) is 1.75. The molecular weight excluding hydrogens is 454 g/mol. The summed E-state index contributed by atoms with van der Waals surface area (Å²) >= 11 is 0.778. The minimum absolute atomic E-state index is 0.215. The van der Waals surface area contributed by atoms with Gasteiger partial charge in [0.25, 0.3) is 11.1 Å². The maximum Gasteiger partial charge on any atom is 0.328 e. The van der Waals surface area contributed by atoms with Gasteiger partial charge in [0.1, 0.15) is 12.6 Å². The average molecular weight is 478 g/mol. The van der Waals surface area contributed by atoms with Crippen molar-refractivity contribution in [2.24, 2.45) is 0 Å². The molecule has 3 aromatic carbocycles. The monoisotopic (exact) mass is 477 g/mol. The number of rotatable bonds is 7. The van der Waals surface area contributed by atoms with Gasteiger partial charge in [0.15, 0.2) is 11.5 Å². The number of hydrogen-bond donors (Lipinski definition) is 0. The van der Waals surface area contributed by atoms with E-state index >= 15 is 0 Å². The predicted molar refractivity (Wildman–Crippen MR) is 131 cm³/mol. The van der Waals surface area contributed by atoms with Gasteiger partial charge < -0.3 is 14.2 Å². The van der Waals surface area contributed by atoms with E-state index in [1.165, 1.54) is 21.1 Å². The number of benzene rings is 3. The number of carbonyl (C=O) groups is 3. The van der Waals surface area contributed by atoms with Crippen molar-refractivity contribution in [3.63, 3.8) is 0 Å². The van der Waals surface area contributed by atoms with Crippen LogP contribution in [-0.2, 0) is 20.9 Å². The third-order valence-corrected chi connectivity index (χ3v) is 6.39. The third-order valence-electron chi connectivity index (χ3n) is 5.50. The molecule has 0 aromatic heterocycles. The summed E-state index contributed by atoms with van der Waals surface area (Å²) in [7, 11) is 2.75. The number of esters is 1. The number of imide groups is 1. The van der Waals surface area contributed by atoms with Gasteiger partial charge in [-0.2, -0.15) is 0 Å². The minimum atomic E-state index is -0.997. The van der Waals surface area contributed by atoms with Gasteiger partial charge in [0, 0.05) is 0 Å². The Kier molecular flexibility index (Phi) is 6.88. The normalized spacial score (nSPS) is 15.6. The van der Waals surface area contributed by atoms with Gasteiger partial charge in [-0.3, -0.25) is 14.5 Å². The fraction of sp³-hybridized carbons (Fsp3) is 0.192. The van der Waals surface area contributed by atoms with Crippen LogP contribution in [0.3, 0.4) is 0 Å². The molecule has 174 valence electrons. The van der Waals surface area contributed by atoms with Crippen molar-refractivity contribution in [1.29, 1.82) is 0 Å². The summed E-state index contributed by atoms with van der Waals surface area (Å²) in [5.74, 6) is -0.141. The van der Waals surface area contributed by atoms with Crippen LogP contribution in [0.5, 0.6) is 11.5 Å². The van der Waals surface area contributed by atoms with E-state index in [2.05, 4.69) is 22.9 Å². The molecule has 0 saturated carbocycles. The Balaban J connectivity index is 1.53. The molecule has 8 heteroatoms. The fourth-order valence-electron chi connectivity index (χ4n) is 3.71. The maximum atomic E-state index is 12.7. The van der Waals surface area contributed by atoms with Gasteiger partial charge in [-0.05, 0) is 58.8 Å². The van der Waals surface area contributed by atoms with Crippen LogP contribution in [0.25, 0.3) is 16.8 Å². The lowest BCUT2D eigenvalue weighted by molar-refractivity contribution is -0.148. The predicted octanol–water partition coefficient (Wildman–Crippen LogP) is 5.03. The molecule has 1 heterocycles. The van der Waals surface area contributed by atoms with E-state index in [0.29, 0.717) is 23.7 Å². The molecule has 3 aromatic rings. The first-order valence-corrected chi connectivity index (χ1v) is 11.4. The molecule has 0 unspecified atom stereocenters. The average Bonchev–Trinajstić information content (AvgIpc) is 3.14. The molecule has 0 N–H and O–H groups in total. The van der Waals surface area contributed by atoms with Gasteiger partial charge in [-0.1, -0.05) is 48.5 Å². The second-order valence-electron chi connectivity index (χ2n) is 7.59. The Bertz CT molecular complexity index is 1300. The number of ether oxygens (including phenoxy) is 3. The summed E-state index contributed by atoms with van der Waals surface area (Å²) in [6, 6.07) is 18.5. The Morgan fingerprint density at radius 3 is 2.56 bits per heavy atom. The van der Waals surface area contributed by atoms with Crippen LogP contribution < -0.4 is 9.47 Å².